The topological polar surface area (TPSA) is 64.6 Å². The molecular weight excluding hydrogens is 446 g/mol. The molecule has 0 unspecified atom stereocenters. The molecule has 0 aromatic heterocycles. The maximum atomic E-state index is 12.9. The van der Waals surface area contributed by atoms with Crippen LogP contribution < -0.4 is 10.6 Å². The number of amides is 2. The zero-order chi connectivity index (χ0) is 25.1. The van der Waals surface area contributed by atoms with Crippen LogP contribution in [0.1, 0.15) is 47.9 Å². The van der Waals surface area contributed by atoms with Crippen molar-refractivity contribution in [2.45, 2.75) is 43.6 Å². The molecule has 1 heterocycles. The Morgan fingerprint density at radius 2 is 1.69 bits per heavy atom. The van der Waals surface area contributed by atoms with Crippen molar-refractivity contribution in [1.82, 2.24) is 15.5 Å². The molecule has 0 saturated carbocycles. The number of rotatable bonds is 7. The zero-order valence-corrected chi connectivity index (χ0v) is 21.3. The van der Waals surface area contributed by atoms with Gasteiger partial charge in [0.25, 0.3) is 0 Å². The number of fused-ring (bicyclic) bond motifs is 4. The van der Waals surface area contributed by atoms with E-state index in [0.29, 0.717) is 30.8 Å². The van der Waals surface area contributed by atoms with Gasteiger partial charge in [-0.3, -0.25) is 0 Å². The first kappa shape index (κ1) is 24.4. The minimum absolute atomic E-state index is 0.0343. The fourth-order valence-corrected chi connectivity index (χ4v) is 6.61. The fourth-order valence-electron chi connectivity index (χ4n) is 6.61. The second kappa shape index (κ2) is 10.4. The molecule has 1 aliphatic heterocycles. The lowest BCUT2D eigenvalue weighted by atomic mass is 9.56. The van der Waals surface area contributed by atoms with Gasteiger partial charge in [0.1, 0.15) is 5.75 Å². The van der Waals surface area contributed by atoms with Gasteiger partial charge in [0.2, 0.25) is 0 Å². The van der Waals surface area contributed by atoms with Crippen LogP contribution in [0.5, 0.6) is 5.75 Å². The Bertz CT molecular complexity index is 1140. The van der Waals surface area contributed by atoms with E-state index < -0.39 is 0 Å². The lowest BCUT2D eigenvalue weighted by Crippen LogP contribution is -2.58. The van der Waals surface area contributed by atoms with Gasteiger partial charge in [-0.05, 0) is 73.2 Å². The molecule has 2 bridgehead atoms. The molecule has 3 atom stereocenters. The summed E-state index contributed by atoms with van der Waals surface area (Å²) in [6, 6.07) is 26.9. The summed E-state index contributed by atoms with van der Waals surface area (Å²) in [6.45, 7) is 4.51. The lowest BCUT2D eigenvalue weighted by Gasteiger charge is -2.55. The van der Waals surface area contributed by atoms with Crippen LogP contribution in [0.3, 0.4) is 0 Å². The number of urea groups is 1. The molecule has 188 valence electrons. The quantitative estimate of drug-likeness (QED) is 0.441. The lowest BCUT2D eigenvalue weighted by molar-refractivity contribution is 0.0363. The first-order valence-corrected chi connectivity index (χ1v) is 13.1. The number of carbonyl (C=O) groups excluding carboxylic acids is 1. The average molecular weight is 484 g/mol. The van der Waals surface area contributed by atoms with Crippen LogP contribution in [0.2, 0.25) is 0 Å². The van der Waals surface area contributed by atoms with E-state index in [1.54, 1.807) is 6.07 Å². The van der Waals surface area contributed by atoms with Gasteiger partial charge in [-0.2, -0.15) is 0 Å². The van der Waals surface area contributed by atoms with Gasteiger partial charge in [0.15, 0.2) is 0 Å². The van der Waals surface area contributed by atoms with Crippen molar-refractivity contribution < 1.29 is 9.90 Å². The number of likely N-dealkylation sites (tertiary alicyclic amines) is 1. The van der Waals surface area contributed by atoms with E-state index in [0.717, 1.165) is 25.8 Å². The predicted octanol–water partition coefficient (Wildman–Crippen LogP) is 5.05. The summed E-state index contributed by atoms with van der Waals surface area (Å²) in [5, 5.41) is 16.5. The molecule has 3 aromatic rings. The highest BCUT2D eigenvalue weighted by molar-refractivity contribution is 5.74. The van der Waals surface area contributed by atoms with E-state index in [-0.39, 0.29) is 17.4 Å². The highest BCUT2D eigenvalue weighted by Gasteiger charge is 2.50. The summed E-state index contributed by atoms with van der Waals surface area (Å²) < 4.78 is 0. The summed E-state index contributed by atoms with van der Waals surface area (Å²) in [4.78, 5) is 15.4. The van der Waals surface area contributed by atoms with E-state index in [4.69, 9.17) is 0 Å². The van der Waals surface area contributed by atoms with Crippen molar-refractivity contribution in [1.29, 1.82) is 0 Å². The van der Waals surface area contributed by atoms with Gasteiger partial charge in [0, 0.05) is 30.5 Å². The second-order valence-electron chi connectivity index (χ2n) is 10.5. The molecule has 36 heavy (non-hydrogen) atoms. The molecule has 3 aromatic carbocycles. The monoisotopic (exact) mass is 483 g/mol. The van der Waals surface area contributed by atoms with Gasteiger partial charge in [-0.15, -0.1) is 0 Å². The van der Waals surface area contributed by atoms with Crippen LogP contribution in [-0.2, 0) is 11.8 Å². The Balaban J connectivity index is 1.25. The molecule has 1 aliphatic carbocycles. The Morgan fingerprint density at radius 1 is 1.03 bits per heavy atom. The Kier molecular flexibility index (Phi) is 7.01. The van der Waals surface area contributed by atoms with E-state index in [1.807, 2.05) is 42.5 Å². The van der Waals surface area contributed by atoms with Crippen LogP contribution in [0, 0.1) is 5.92 Å². The van der Waals surface area contributed by atoms with Crippen molar-refractivity contribution in [3.63, 3.8) is 0 Å². The summed E-state index contributed by atoms with van der Waals surface area (Å²) in [6.07, 6.45) is 2.91. The molecule has 3 N–H and O–H groups in total. The van der Waals surface area contributed by atoms with Crippen molar-refractivity contribution >= 4 is 6.03 Å². The van der Waals surface area contributed by atoms with Crippen LogP contribution in [0.4, 0.5) is 4.79 Å². The van der Waals surface area contributed by atoms with Crippen molar-refractivity contribution in [3.8, 4) is 5.75 Å². The number of piperidine rings is 1. The third kappa shape index (κ3) is 4.72. The number of aromatic hydroxyl groups is 1. The molecule has 2 amide bonds. The van der Waals surface area contributed by atoms with E-state index in [2.05, 4.69) is 59.8 Å². The standard InChI is InChI=1S/C31H37N3O2/c1-22-29-19-25-13-14-26(35)20-28(25)31(22,16-18-34(29)2)15-17-32-30(36)33-21-27(23-9-5-3-6-10-23)24-11-7-4-8-12-24/h3-14,20,22,27,29,35H,15-19,21H2,1-2H3,(H2,32,33,36)/t22-,29+,31-/m0/s1. The van der Waals surface area contributed by atoms with E-state index in [9.17, 15) is 9.90 Å². The molecular formula is C31H37N3O2. The molecule has 1 saturated heterocycles. The number of likely N-dealkylation sites (N-methyl/N-ethyl adjacent to an activating group) is 1. The summed E-state index contributed by atoms with van der Waals surface area (Å²) in [7, 11) is 2.22. The SMILES string of the molecule is C[C@H]1[C@H]2Cc3ccc(O)cc3[C@@]1(CCNC(=O)NCC(c1ccccc1)c1ccccc1)CCN2C. The van der Waals surface area contributed by atoms with Gasteiger partial charge in [-0.25, -0.2) is 4.79 Å². The third-order valence-corrected chi connectivity index (χ3v) is 8.71. The molecule has 1 fully saturated rings. The molecule has 5 rings (SSSR count). The Hall–Kier alpha value is -3.31. The first-order chi connectivity index (χ1) is 17.5. The average Bonchev–Trinajstić information content (AvgIpc) is 2.89. The summed E-state index contributed by atoms with van der Waals surface area (Å²) in [5.74, 6) is 0.881. The summed E-state index contributed by atoms with van der Waals surface area (Å²) in [5.41, 5.74) is 4.95. The number of phenols is 1. The highest BCUT2D eigenvalue weighted by Crippen LogP contribution is 2.51. The molecule has 0 radical (unpaired) electrons. The van der Waals surface area contributed by atoms with Crippen molar-refractivity contribution in [2.75, 3.05) is 26.7 Å². The number of nitrogens with one attached hydrogen (secondary N) is 2. The molecule has 0 spiro atoms. The number of nitrogens with zero attached hydrogens (tertiary/aromatic N) is 1. The smallest absolute Gasteiger partial charge is 0.314 e. The molecule has 5 heteroatoms. The van der Waals surface area contributed by atoms with Crippen LogP contribution in [-0.4, -0.2) is 48.8 Å². The fraction of sp³-hybridized carbons (Fsp3) is 0.387. The Labute approximate surface area is 214 Å². The normalized spacial score (nSPS) is 23.2. The minimum Gasteiger partial charge on any atom is -0.508 e. The minimum atomic E-state index is -0.132. The van der Waals surface area contributed by atoms with Crippen molar-refractivity contribution in [3.05, 3.63) is 101 Å². The van der Waals surface area contributed by atoms with Gasteiger partial charge < -0.3 is 20.6 Å². The number of hydrogen-bond donors (Lipinski definition) is 3. The largest absolute Gasteiger partial charge is 0.508 e. The van der Waals surface area contributed by atoms with Crippen LogP contribution >= 0.6 is 0 Å². The predicted molar refractivity (Wildman–Crippen MR) is 144 cm³/mol. The number of carbonyl (C=O) groups is 1. The number of benzene rings is 3. The maximum absolute atomic E-state index is 12.9. The van der Waals surface area contributed by atoms with Crippen LogP contribution in [0.25, 0.3) is 0 Å². The maximum Gasteiger partial charge on any atom is 0.314 e. The van der Waals surface area contributed by atoms with Crippen molar-refractivity contribution in [2.24, 2.45) is 5.92 Å². The third-order valence-electron chi connectivity index (χ3n) is 8.71. The van der Waals surface area contributed by atoms with Gasteiger partial charge in [0.05, 0.1) is 0 Å². The zero-order valence-electron chi connectivity index (χ0n) is 21.3. The van der Waals surface area contributed by atoms with Crippen LogP contribution in [0.15, 0.2) is 78.9 Å². The van der Waals surface area contributed by atoms with E-state index in [1.165, 1.54) is 22.3 Å². The molecule has 5 nitrogen and oxygen atoms in total. The highest BCUT2D eigenvalue weighted by atomic mass is 16.3. The van der Waals surface area contributed by atoms with Gasteiger partial charge >= 0.3 is 6.03 Å². The first-order valence-electron chi connectivity index (χ1n) is 13.1. The molecule has 2 aliphatic rings. The Morgan fingerprint density at radius 3 is 2.36 bits per heavy atom. The van der Waals surface area contributed by atoms with Gasteiger partial charge in [-0.1, -0.05) is 73.7 Å². The number of hydrogen-bond acceptors (Lipinski definition) is 3. The summed E-state index contributed by atoms with van der Waals surface area (Å²) >= 11 is 0. The second-order valence-corrected chi connectivity index (χ2v) is 10.5. The van der Waals surface area contributed by atoms with E-state index >= 15 is 0 Å². The number of phenolic OH excluding ortho intramolecular Hbond substituents is 1.